The van der Waals surface area contributed by atoms with Gasteiger partial charge >= 0.3 is 5.69 Å². The molecule has 2 unspecified atom stereocenters. The molecule has 17 heavy (non-hydrogen) atoms. The van der Waals surface area contributed by atoms with Crippen LogP contribution < -0.4 is 11.0 Å². The summed E-state index contributed by atoms with van der Waals surface area (Å²) in [5.74, 6) is 0.710. The molecule has 0 radical (unpaired) electrons. The lowest BCUT2D eigenvalue weighted by molar-refractivity contribution is 0.363. The lowest BCUT2D eigenvalue weighted by Gasteiger charge is -2.20. The van der Waals surface area contributed by atoms with Gasteiger partial charge in [0, 0.05) is 25.0 Å². The molecular weight excluding hydrogens is 214 g/mol. The third kappa shape index (κ3) is 3.16. The molecule has 0 bridgehead atoms. The molecule has 94 valence electrons. The maximum atomic E-state index is 11.5. The number of aryl methyl sites for hydroxylation is 1. The van der Waals surface area contributed by atoms with Crippen molar-refractivity contribution in [1.82, 2.24) is 14.9 Å². The van der Waals surface area contributed by atoms with Crippen molar-refractivity contribution >= 4 is 0 Å². The van der Waals surface area contributed by atoms with Gasteiger partial charge in [-0.3, -0.25) is 4.57 Å². The second kappa shape index (κ2) is 5.96. The predicted octanol–water partition coefficient (Wildman–Crippen LogP) is 1.41. The number of nitrogens with one attached hydrogen (secondary N) is 1. The second-order valence-corrected chi connectivity index (χ2v) is 4.74. The summed E-state index contributed by atoms with van der Waals surface area (Å²) in [6.45, 7) is 3.98. The maximum absolute atomic E-state index is 11.5. The molecule has 1 fully saturated rings. The molecule has 1 heterocycles. The van der Waals surface area contributed by atoms with Gasteiger partial charge in [-0.1, -0.05) is 13.3 Å². The standard InChI is InChI=1S/C13H21N3O/c1-2-14-12-6-3-5-11(12)7-10-16-9-4-8-15-13(16)17/h4,8-9,11-12,14H,2-3,5-7,10H2,1H3. The van der Waals surface area contributed by atoms with E-state index in [1.165, 1.54) is 19.3 Å². The van der Waals surface area contributed by atoms with Crippen molar-refractivity contribution < 1.29 is 0 Å². The van der Waals surface area contributed by atoms with Crippen LogP contribution in [-0.2, 0) is 6.54 Å². The molecule has 4 heteroatoms. The summed E-state index contributed by atoms with van der Waals surface area (Å²) in [5.41, 5.74) is -0.134. The van der Waals surface area contributed by atoms with Crippen LogP contribution in [0.4, 0.5) is 0 Å². The van der Waals surface area contributed by atoms with Gasteiger partial charge < -0.3 is 5.32 Å². The van der Waals surface area contributed by atoms with Gasteiger partial charge in [-0.2, -0.15) is 0 Å². The van der Waals surface area contributed by atoms with Gasteiger partial charge in [0.1, 0.15) is 0 Å². The molecule has 1 N–H and O–H groups in total. The quantitative estimate of drug-likeness (QED) is 0.839. The van der Waals surface area contributed by atoms with Crippen LogP contribution in [0.1, 0.15) is 32.6 Å². The van der Waals surface area contributed by atoms with E-state index in [9.17, 15) is 4.79 Å². The first kappa shape index (κ1) is 12.3. The molecule has 1 saturated carbocycles. The van der Waals surface area contributed by atoms with E-state index < -0.39 is 0 Å². The fraction of sp³-hybridized carbons (Fsp3) is 0.692. The van der Waals surface area contributed by atoms with Crippen LogP contribution in [0.3, 0.4) is 0 Å². The van der Waals surface area contributed by atoms with Gasteiger partial charge in [0.05, 0.1) is 0 Å². The van der Waals surface area contributed by atoms with Crippen molar-refractivity contribution in [1.29, 1.82) is 0 Å². The van der Waals surface area contributed by atoms with Gasteiger partial charge in [0.15, 0.2) is 0 Å². The lowest BCUT2D eigenvalue weighted by atomic mass is 9.99. The van der Waals surface area contributed by atoms with Crippen LogP contribution in [0.2, 0.25) is 0 Å². The Balaban J connectivity index is 1.89. The molecule has 1 aromatic rings. The van der Waals surface area contributed by atoms with E-state index in [2.05, 4.69) is 17.2 Å². The van der Waals surface area contributed by atoms with Gasteiger partial charge in [-0.25, -0.2) is 9.78 Å². The van der Waals surface area contributed by atoms with Crippen LogP contribution in [0.15, 0.2) is 23.3 Å². The van der Waals surface area contributed by atoms with Gasteiger partial charge in [-0.15, -0.1) is 0 Å². The molecule has 0 spiro atoms. The zero-order valence-electron chi connectivity index (χ0n) is 10.4. The lowest BCUT2D eigenvalue weighted by Crippen LogP contribution is -2.33. The molecule has 0 aromatic carbocycles. The van der Waals surface area contributed by atoms with E-state index in [0.29, 0.717) is 12.0 Å². The molecule has 0 aliphatic heterocycles. The monoisotopic (exact) mass is 235 g/mol. The SMILES string of the molecule is CCNC1CCCC1CCn1cccnc1=O. The Hall–Kier alpha value is -1.16. The fourth-order valence-corrected chi connectivity index (χ4v) is 2.78. The maximum Gasteiger partial charge on any atom is 0.347 e. The first-order valence-corrected chi connectivity index (χ1v) is 6.56. The van der Waals surface area contributed by atoms with Crippen LogP contribution in [0.25, 0.3) is 0 Å². The summed E-state index contributed by atoms with van der Waals surface area (Å²) in [4.78, 5) is 15.2. The number of nitrogens with zero attached hydrogens (tertiary/aromatic N) is 2. The fourth-order valence-electron chi connectivity index (χ4n) is 2.78. The number of aromatic nitrogens is 2. The smallest absolute Gasteiger partial charge is 0.314 e. The first-order valence-electron chi connectivity index (χ1n) is 6.56. The normalized spacial score (nSPS) is 24.1. The van der Waals surface area contributed by atoms with E-state index in [1.54, 1.807) is 10.8 Å². The summed E-state index contributed by atoms with van der Waals surface area (Å²) in [7, 11) is 0. The highest BCUT2D eigenvalue weighted by atomic mass is 16.1. The van der Waals surface area contributed by atoms with Crippen molar-refractivity contribution in [3.8, 4) is 0 Å². The predicted molar refractivity (Wildman–Crippen MR) is 67.9 cm³/mol. The molecule has 0 saturated heterocycles. The summed E-state index contributed by atoms with van der Waals surface area (Å²) in [5, 5.41) is 3.54. The highest BCUT2D eigenvalue weighted by Gasteiger charge is 2.25. The van der Waals surface area contributed by atoms with Gasteiger partial charge in [0.2, 0.25) is 0 Å². The molecule has 2 rings (SSSR count). The van der Waals surface area contributed by atoms with E-state index in [-0.39, 0.29) is 5.69 Å². The highest BCUT2D eigenvalue weighted by molar-refractivity contribution is 4.85. The van der Waals surface area contributed by atoms with Crippen LogP contribution in [0.5, 0.6) is 0 Å². The summed E-state index contributed by atoms with van der Waals surface area (Å²) in [6, 6.07) is 2.46. The zero-order chi connectivity index (χ0) is 12.1. The minimum Gasteiger partial charge on any atom is -0.314 e. The molecular formula is C13H21N3O. The zero-order valence-corrected chi connectivity index (χ0v) is 10.4. The first-order chi connectivity index (χ1) is 8.31. The van der Waals surface area contributed by atoms with Crippen LogP contribution in [-0.4, -0.2) is 22.1 Å². The third-order valence-corrected chi connectivity index (χ3v) is 3.65. The summed E-state index contributed by atoms with van der Waals surface area (Å²) >= 11 is 0. The molecule has 1 aromatic heterocycles. The second-order valence-electron chi connectivity index (χ2n) is 4.74. The Morgan fingerprint density at radius 3 is 3.18 bits per heavy atom. The van der Waals surface area contributed by atoms with E-state index in [0.717, 1.165) is 19.5 Å². The summed E-state index contributed by atoms with van der Waals surface area (Å²) < 4.78 is 1.71. The average molecular weight is 235 g/mol. The Kier molecular flexibility index (Phi) is 4.31. The van der Waals surface area contributed by atoms with Gasteiger partial charge in [-0.05, 0) is 37.8 Å². The molecule has 1 aliphatic carbocycles. The Morgan fingerprint density at radius 1 is 1.53 bits per heavy atom. The number of rotatable bonds is 5. The minimum atomic E-state index is -0.134. The van der Waals surface area contributed by atoms with Crippen molar-refractivity contribution in [3.63, 3.8) is 0 Å². The largest absolute Gasteiger partial charge is 0.347 e. The van der Waals surface area contributed by atoms with E-state index >= 15 is 0 Å². The van der Waals surface area contributed by atoms with Crippen molar-refractivity contribution in [2.24, 2.45) is 5.92 Å². The van der Waals surface area contributed by atoms with E-state index in [4.69, 9.17) is 0 Å². The van der Waals surface area contributed by atoms with Crippen LogP contribution >= 0.6 is 0 Å². The third-order valence-electron chi connectivity index (χ3n) is 3.65. The topological polar surface area (TPSA) is 46.9 Å². The van der Waals surface area contributed by atoms with E-state index in [1.807, 2.05) is 12.3 Å². The van der Waals surface area contributed by atoms with Crippen molar-refractivity contribution in [3.05, 3.63) is 28.9 Å². The molecule has 1 aliphatic rings. The molecule has 0 amide bonds. The molecule has 4 nitrogen and oxygen atoms in total. The van der Waals surface area contributed by atoms with Crippen molar-refractivity contribution in [2.75, 3.05) is 6.54 Å². The Bertz CT molecular complexity index is 402. The number of hydrogen-bond donors (Lipinski definition) is 1. The van der Waals surface area contributed by atoms with Crippen LogP contribution in [0, 0.1) is 5.92 Å². The Labute approximate surface area is 102 Å². The van der Waals surface area contributed by atoms with Gasteiger partial charge in [0.25, 0.3) is 0 Å². The Morgan fingerprint density at radius 2 is 2.41 bits per heavy atom. The minimum absolute atomic E-state index is 0.134. The summed E-state index contributed by atoms with van der Waals surface area (Å²) in [6.07, 6.45) is 8.32. The number of hydrogen-bond acceptors (Lipinski definition) is 3. The highest BCUT2D eigenvalue weighted by Crippen LogP contribution is 2.28. The molecule has 2 atom stereocenters. The average Bonchev–Trinajstić information content (AvgIpc) is 2.76. The van der Waals surface area contributed by atoms with Crippen molar-refractivity contribution in [2.45, 2.75) is 45.2 Å².